The standard InChI is InChI=1S/C8H17N3/c1-4-7(3)11-8(9)5-6(2)10-11/h7-8H,4-5,9H2,1-3H3. The monoisotopic (exact) mass is 155 g/mol. The zero-order valence-corrected chi connectivity index (χ0v) is 7.54. The van der Waals surface area contributed by atoms with E-state index >= 15 is 0 Å². The summed E-state index contributed by atoms with van der Waals surface area (Å²) in [5.41, 5.74) is 7.01. The van der Waals surface area contributed by atoms with Gasteiger partial charge in [-0.3, -0.25) is 5.01 Å². The quantitative estimate of drug-likeness (QED) is 0.650. The second-order valence-electron chi connectivity index (χ2n) is 3.24. The van der Waals surface area contributed by atoms with Crippen LogP contribution in [0.3, 0.4) is 0 Å². The highest BCUT2D eigenvalue weighted by molar-refractivity contribution is 5.83. The van der Waals surface area contributed by atoms with Crippen LogP contribution in [0.1, 0.15) is 33.6 Å². The summed E-state index contributed by atoms with van der Waals surface area (Å²) in [5.74, 6) is 0. The Morgan fingerprint density at radius 2 is 2.45 bits per heavy atom. The van der Waals surface area contributed by atoms with Crippen molar-refractivity contribution < 1.29 is 0 Å². The van der Waals surface area contributed by atoms with E-state index in [1.54, 1.807) is 0 Å². The van der Waals surface area contributed by atoms with Crippen molar-refractivity contribution in [3.8, 4) is 0 Å². The average Bonchev–Trinajstić information content (AvgIpc) is 2.28. The maximum Gasteiger partial charge on any atom is 0.0995 e. The minimum Gasteiger partial charge on any atom is -0.310 e. The second-order valence-corrected chi connectivity index (χ2v) is 3.24. The fourth-order valence-electron chi connectivity index (χ4n) is 1.32. The molecule has 3 nitrogen and oxygen atoms in total. The lowest BCUT2D eigenvalue weighted by Gasteiger charge is -2.25. The van der Waals surface area contributed by atoms with E-state index < -0.39 is 0 Å². The van der Waals surface area contributed by atoms with Crippen molar-refractivity contribution in [2.75, 3.05) is 0 Å². The molecule has 0 saturated carbocycles. The van der Waals surface area contributed by atoms with Crippen LogP contribution in [0.2, 0.25) is 0 Å². The van der Waals surface area contributed by atoms with Gasteiger partial charge in [-0.2, -0.15) is 5.10 Å². The van der Waals surface area contributed by atoms with Crippen LogP contribution >= 0.6 is 0 Å². The van der Waals surface area contributed by atoms with Crippen molar-refractivity contribution in [2.45, 2.75) is 45.8 Å². The number of hydrogen-bond acceptors (Lipinski definition) is 3. The van der Waals surface area contributed by atoms with E-state index in [1.807, 2.05) is 11.9 Å². The molecule has 0 saturated heterocycles. The van der Waals surface area contributed by atoms with Gasteiger partial charge in [-0.1, -0.05) is 6.92 Å². The smallest absolute Gasteiger partial charge is 0.0995 e. The average molecular weight is 155 g/mol. The Morgan fingerprint density at radius 1 is 1.82 bits per heavy atom. The molecule has 2 atom stereocenters. The molecule has 2 unspecified atom stereocenters. The fourth-order valence-corrected chi connectivity index (χ4v) is 1.32. The normalized spacial score (nSPS) is 27.1. The summed E-state index contributed by atoms with van der Waals surface area (Å²) < 4.78 is 0. The number of hydrazone groups is 1. The van der Waals surface area contributed by atoms with E-state index in [0.717, 1.165) is 18.6 Å². The van der Waals surface area contributed by atoms with E-state index in [4.69, 9.17) is 5.73 Å². The Morgan fingerprint density at radius 3 is 2.82 bits per heavy atom. The van der Waals surface area contributed by atoms with E-state index in [2.05, 4.69) is 18.9 Å². The van der Waals surface area contributed by atoms with Crippen molar-refractivity contribution in [3.63, 3.8) is 0 Å². The van der Waals surface area contributed by atoms with Gasteiger partial charge < -0.3 is 5.73 Å². The molecule has 0 aromatic rings. The predicted molar refractivity (Wildman–Crippen MR) is 47.3 cm³/mol. The maximum absolute atomic E-state index is 5.86. The fraction of sp³-hybridized carbons (Fsp3) is 0.875. The van der Waals surface area contributed by atoms with Crippen LogP contribution in [0.5, 0.6) is 0 Å². The van der Waals surface area contributed by atoms with Gasteiger partial charge >= 0.3 is 0 Å². The van der Waals surface area contributed by atoms with Crippen LogP contribution in [-0.4, -0.2) is 22.9 Å². The molecule has 0 bridgehead atoms. The zero-order chi connectivity index (χ0) is 8.43. The van der Waals surface area contributed by atoms with Crippen molar-refractivity contribution in [2.24, 2.45) is 10.8 Å². The van der Waals surface area contributed by atoms with Gasteiger partial charge in [0.2, 0.25) is 0 Å². The molecule has 1 rings (SSSR count). The SMILES string of the molecule is CCC(C)N1N=C(C)CC1N. The van der Waals surface area contributed by atoms with Gasteiger partial charge in [-0.25, -0.2) is 0 Å². The number of hydrogen-bond donors (Lipinski definition) is 1. The van der Waals surface area contributed by atoms with Gasteiger partial charge in [0.1, 0.15) is 0 Å². The van der Waals surface area contributed by atoms with Gasteiger partial charge in [0, 0.05) is 18.2 Å². The van der Waals surface area contributed by atoms with Crippen LogP contribution in [0.4, 0.5) is 0 Å². The van der Waals surface area contributed by atoms with Gasteiger partial charge in [0.15, 0.2) is 0 Å². The molecule has 0 amide bonds. The molecule has 0 fully saturated rings. The highest BCUT2D eigenvalue weighted by Gasteiger charge is 2.23. The summed E-state index contributed by atoms with van der Waals surface area (Å²) in [5, 5.41) is 6.37. The third-order valence-corrected chi connectivity index (χ3v) is 2.17. The Kier molecular flexibility index (Phi) is 2.49. The summed E-state index contributed by atoms with van der Waals surface area (Å²) in [7, 11) is 0. The molecular formula is C8H17N3. The largest absolute Gasteiger partial charge is 0.310 e. The van der Waals surface area contributed by atoms with Crippen molar-refractivity contribution in [1.82, 2.24) is 5.01 Å². The van der Waals surface area contributed by atoms with Crippen molar-refractivity contribution in [3.05, 3.63) is 0 Å². The molecule has 3 heteroatoms. The third kappa shape index (κ3) is 1.71. The molecular weight excluding hydrogens is 138 g/mol. The molecule has 0 aliphatic carbocycles. The Balaban J connectivity index is 2.58. The Labute approximate surface area is 68.3 Å². The van der Waals surface area contributed by atoms with E-state index in [0.29, 0.717) is 6.04 Å². The number of nitrogens with zero attached hydrogens (tertiary/aromatic N) is 2. The first-order chi connectivity index (χ1) is 5.15. The molecule has 64 valence electrons. The lowest BCUT2D eigenvalue weighted by Crippen LogP contribution is -2.40. The molecule has 0 radical (unpaired) electrons. The minimum absolute atomic E-state index is 0.116. The molecule has 11 heavy (non-hydrogen) atoms. The van der Waals surface area contributed by atoms with Gasteiger partial charge in [-0.05, 0) is 20.3 Å². The molecule has 0 aromatic heterocycles. The minimum atomic E-state index is 0.116. The lowest BCUT2D eigenvalue weighted by molar-refractivity contribution is 0.171. The van der Waals surface area contributed by atoms with E-state index in [9.17, 15) is 0 Å². The summed E-state index contributed by atoms with van der Waals surface area (Å²) >= 11 is 0. The second kappa shape index (κ2) is 3.22. The zero-order valence-electron chi connectivity index (χ0n) is 7.54. The van der Waals surface area contributed by atoms with E-state index in [1.165, 1.54) is 0 Å². The molecule has 2 N–H and O–H groups in total. The number of nitrogens with two attached hydrogens (primary N) is 1. The van der Waals surface area contributed by atoms with Gasteiger partial charge in [-0.15, -0.1) is 0 Å². The summed E-state index contributed by atoms with van der Waals surface area (Å²) in [6, 6.07) is 0.474. The first-order valence-corrected chi connectivity index (χ1v) is 4.23. The molecule has 0 spiro atoms. The third-order valence-electron chi connectivity index (χ3n) is 2.17. The predicted octanol–water partition coefficient (Wildman–Crippen LogP) is 1.15. The molecule has 1 aliphatic rings. The van der Waals surface area contributed by atoms with Crippen LogP contribution in [0, 0.1) is 0 Å². The first-order valence-electron chi connectivity index (χ1n) is 4.23. The Hall–Kier alpha value is -0.570. The maximum atomic E-state index is 5.86. The van der Waals surface area contributed by atoms with Crippen molar-refractivity contribution >= 4 is 5.71 Å². The highest BCUT2D eigenvalue weighted by Crippen LogP contribution is 2.15. The highest BCUT2D eigenvalue weighted by atomic mass is 15.5. The van der Waals surface area contributed by atoms with Crippen molar-refractivity contribution in [1.29, 1.82) is 0 Å². The van der Waals surface area contributed by atoms with Crippen LogP contribution < -0.4 is 5.73 Å². The van der Waals surface area contributed by atoms with E-state index in [-0.39, 0.29) is 6.17 Å². The number of rotatable bonds is 2. The first kappa shape index (κ1) is 8.53. The van der Waals surface area contributed by atoms with Crippen LogP contribution in [0.25, 0.3) is 0 Å². The summed E-state index contributed by atoms with van der Waals surface area (Å²) in [4.78, 5) is 0. The molecule has 1 heterocycles. The van der Waals surface area contributed by atoms with Gasteiger partial charge in [0.25, 0.3) is 0 Å². The molecule has 1 aliphatic heterocycles. The molecule has 0 aromatic carbocycles. The summed E-state index contributed by atoms with van der Waals surface area (Å²) in [6.07, 6.45) is 2.14. The van der Waals surface area contributed by atoms with Crippen LogP contribution in [0.15, 0.2) is 5.10 Å². The summed E-state index contributed by atoms with van der Waals surface area (Å²) in [6.45, 7) is 6.34. The topological polar surface area (TPSA) is 41.6 Å². The van der Waals surface area contributed by atoms with Crippen LogP contribution in [-0.2, 0) is 0 Å². The van der Waals surface area contributed by atoms with Gasteiger partial charge in [0.05, 0.1) is 6.17 Å². The Bertz CT molecular complexity index is 165. The lowest BCUT2D eigenvalue weighted by atomic mass is 10.2.